The van der Waals surface area contributed by atoms with Crippen molar-refractivity contribution < 1.29 is 4.92 Å². The number of rotatable bonds is 3. The number of non-ortho nitro benzene ring substituents is 1. The minimum Gasteiger partial charge on any atom is -0.258 e. The zero-order chi connectivity index (χ0) is 13.8. The molecule has 0 aliphatic rings. The monoisotopic (exact) mass is 334 g/mol. The van der Waals surface area contributed by atoms with Crippen LogP contribution in [-0.2, 0) is 0 Å². The van der Waals surface area contributed by atoms with Crippen molar-refractivity contribution in [2.75, 3.05) is 0 Å². The van der Waals surface area contributed by atoms with Gasteiger partial charge in [-0.3, -0.25) is 10.1 Å². The third-order valence-electron chi connectivity index (χ3n) is 2.38. The van der Waals surface area contributed by atoms with Gasteiger partial charge < -0.3 is 0 Å². The van der Waals surface area contributed by atoms with Gasteiger partial charge in [-0.05, 0) is 45.8 Å². The number of nitrogens with zero attached hydrogens (tertiary/aromatic N) is 2. The van der Waals surface area contributed by atoms with Gasteiger partial charge in [0.25, 0.3) is 5.69 Å². The summed E-state index contributed by atoms with van der Waals surface area (Å²) in [7, 11) is 0. The van der Waals surface area contributed by atoms with Gasteiger partial charge >= 0.3 is 0 Å². The van der Waals surface area contributed by atoms with Crippen LogP contribution in [0.5, 0.6) is 0 Å². The summed E-state index contributed by atoms with van der Waals surface area (Å²) in [5.74, 6) is 0. The van der Waals surface area contributed by atoms with Crippen molar-refractivity contribution >= 4 is 44.6 Å². The van der Waals surface area contributed by atoms with E-state index in [0.29, 0.717) is 11.1 Å². The largest absolute Gasteiger partial charge is 0.269 e. The van der Waals surface area contributed by atoms with Crippen LogP contribution in [0.4, 0.5) is 5.69 Å². The predicted molar refractivity (Wildman–Crippen MR) is 78.6 cm³/mol. The lowest BCUT2D eigenvalue weighted by Crippen LogP contribution is -1.88. The topological polar surface area (TPSA) is 66.9 Å². The fourth-order valence-corrected chi connectivity index (χ4v) is 2.87. The summed E-state index contributed by atoms with van der Waals surface area (Å²) in [5, 5.41) is 21.7. The van der Waals surface area contributed by atoms with E-state index in [2.05, 4.69) is 22.0 Å². The molecule has 0 aliphatic heterocycles. The predicted octanol–water partition coefficient (Wildman–Crippen LogP) is 4.48. The van der Waals surface area contributed by atoms with Gasteiger partial charge in [0.2, 0.25) is 0 Å². The Labute approximate surface area is 121 Å². The fourth-order valence-electron chi connectivity index (χ4n) is 1.49. The Hall–Kier alpha value is -1.97. The second-order valence-electron chi connectivity index (χ2n) is 3.64. The lowest BCUT2D eigenvalue weighted by Gasteiger charge is -1.98. The molecule has 0 fully saturated rings. The molecule has 0 saturated carbocycles. The molecule has 0 radical (unpaired) electrons. The molecule has 0 spiro atoms. The van der Waals surface area contributed by atoms with Crippen molar-refractivity contribution in [3.05, 3.63) is 60.7 Å². The highest BCUT2D eigenvalue weighted by atomic mass is 79.9. The zero-order valence-electron chi connectivity index (χ0n) is 9.54. The summed E-state index contributed by atoms with van der Waals surface area (Å²) in [4.78, 5) is 11.1. The first-order valence-electron chi connectivity index (χ1n) is 5.21. The molecule has 0 saturated heterocycles. The Morgan fingerprint density at radius 2 is 2.11 bits per heavy atom. The number of nitro groups is 1. The first kappa shape index (κ1) is 13.5. The molecule has 6 heteroatoms. The van der Waals surface area contributed by atoms with Gasteiger partial charge in [-0.25, -0.2) is 0 Å². The SMILES string of the molecule is N#C/C(=C\c1cc(Br)cs1)c1ccc([N+](=O)[O-])cc1. The highest BCUT2D eigenvalue weighted by Crippen LogP contribution is 2.25. The van der Waals surface area contributed by atoms with E-state index in [0.717, 1.165) is 9.35 Å². The zero-order valence-corrected chi connectivity index (χ0v) is 11.9. The molecule has 0 N–H and O–H groups in total. The second kappa shape index (κ2) is 5.78. The third kappa shape index (κ3) is 3.28. The molecule has 0 unspecified atom stereocenters. The Kier molecular flexibility index (Phi) is 4.10. The first-order chi connectivity index (χ1) is 9.10. The molecular formula is C13H7BrN2O2S. The normalized spacial score (nSPS) is 11.1. The molecule has 0 amide bonds. The molecule has 1 aromatic heterocycles. The molecule has 0 bridgehead atoms. The van der Waals surface area contributed by atoms with Crippen molar-refractivity contribution in [3.8, 4) is 6.07 Å². The summed E-state index contributed by atoms with van der Waals surface area (Å²) < 4.78 is 0.963. The summed E-state index contributed by atoms with van der Waals surface area (Å²) in [6.45, 7) is 0. The number of halogens is 1. The quantitative estimate of drug-likeness (QED) is 0.472. The van der Waals surface area contributed by atoms with Crippen LogP contribution in [0.3, 0.4) is 0 Å². The maximum Gasteiger partial charge on any atom is 0.269 e. The maximum atomic E-state index is 10.6. The van der Waals surface area contributed by atoms with Crippen molar-refractivity contribution in [3.63, 3.8) is 0 Å². The average Bonchev–Trinajstić information content (AvgIpc) is 2.81. The molecule has 2 aromatic rings. The van der Waals surface area contributed by atoms with Crippen LogP contribution in [0.25, 0.3) is 11.6 Å². The van der Waals surface area contributed by atoms with Gasteiger partial charge in [-0.1, -0.05) is 0 Å². The van der Waals surface area contributed by atoms with Gasteiger partial charge in [0.1, 0.15) is 0 Å². The van der Waals surface area contributed by atoms with E-state index in [1.807, 2.05) is 11.4 Å². The van der Waals surface area contributed by atoms with Gasteiger partial charge in [0, 0.05) is 26.9 Å². The highest BCUT2D eigenvalue weighted by molar-refractivity contribution is 9.10. The molecule has 1 aromatic carbocycles. The standard InChI is InChI=1S/C13H7BrN2O2S/c14-11-6-13(19-8-11)5-10(7-15)9-1-3-12(4-2-9)16(17)18/h1-6,8H/b10-5+. The number of thiophene rings is 1. The molecule has 0 aliphatic carbocycles. The fraction of sp³-hybridized carbons (Fsp3) is 0. The minimum absolute atomic E-state index is 0.0138. The van der Waals surface area contributed by atoms with Crippen LogP contribution in [0.15, 0.2) is 40.2 Å². The van der Waals surface area contributed by atoms with Crippen molar-refractivity contribution in [2.45, 2.75) is 0 Å². The molecular weight excluding hydrogens is 328 g/mol. The van der Waals surface area contributed by atoms with E-state index in [-0.39, 0.29) is 5.69 Å². The second-order valence-corrected chi connectivity index (χ2v) is 5.50. The van der Waals surface area contributed by atoms with Crippen molar-refractivity contribution in [1.82, 2.24) is 0 Å². The number of nitro benzene ring substituents is 1. The van der Waals surface area contributed by atoms with Gasteiger partial charge in [-0.15, -0.1) is 11.3 Å². The minimum atomic E-state index is -0.462. The van der Waals surface area contributed by atoms with Gasteiger partial charge in [-0.2, -0.15) is 5.26 Å². The number of hydrogen-bond donors (Lipinski definition) is 0. The van der Waals surface area contributed by atoms with Crippen molar-refractivity contribution in [1.29, 1.82) is 5.26 Å². The van der Waals surface area contributed by atoms with Crippen LogP contribution < -0.4 is 0 Å². The molecule has 0 atom stereocenters. The molecule has 19 heavy (non-hydrogen) atoms. The lowest BCUT2D eigenvalue weighted by molar-refractivity contribution is -0.384. The van der Waals surface area contributed by atoms with Crippen LogP contribution in [0.2, 0.25) is 0 Å². The van der Waals surface area contributed by atoms with E-state index in [9.17, 15) is 10.1 Å². The van der Waals surface area contributed by atoms with E-state index in [4.69, 9.17) is 5.26 Å². The summed E-state index contributed by atoms with van der Waals surface area (Å²) in [6.07, 6.45) is 1.76. The average molecular weight is 335 g/mol. The van der Waals surface area contributed by atoms with Crippen LogP contribution in [0, 0.1) is 21.4 Å². The molecule has 4 nitrogen and oxygen atoms in total. The Bertz CT molecular complexity index is 683. The van der Waals surface area contributed by atoms with Gasteiger partial charge in [0.05, 0.1) is 16.6 Å². The van der Waals surface area contributed by atoms with E-state index in [1.54, 1.807) is 18.2 Å². The van der Waals surface area contributed by atoms with Crippen LogP contribution in [-0.4, -0.2) is 4.92 Å². The summed E-state index contributed by atoms with van der Waals surface area (Å²) >= 11 is 4.86. The lowest BCUT2D eigenvalue weighted by atomic mass is 10.1. The number of benzene rings is 1. The first-order valence-corrected chi connectivity index (χ1v) is 6.88. The van der Waals surface area contributed by atoms with Gasteiger partial charge in [0.15, 0.2) is 0 Å². The Morgan fingerprint density at radius 3 is 2.58 bits per heavy atom. The number of nitriles is 1. The number of allylic oxidation sites excluding steroid dienone is 1. The van der Waals surface area contributed by atoms with Crippen molar-refractivity contribution in [2.24, 2.45) is 0 Å². The summed E-state index contributed by atoms with van der Waals surface area (Å²) in [6, 6.07) is 9.96. The van der Waals surface area contributed by atoms with Crippen LogP contribution in [0.1, 0.15) is 10.4 Å². The van der Waals surface area contributed by atoms with E-state index >= 15 is 0 Å². The Morgan fingerprint density at radius 1 is 1.42 bits per heavy atom. The summed E-state index contributed by atoms with van der Waals surface area (Å²) in [5.41, 5.74) is 1.15. The van der Waals surface area contributed by atoms with E-state index < -0.39 is 4.92 Å². The van der Waals surface area contributed by atoms with E-state index in [1.165, 1.54) is 23.5 Å². The Balaban J connectivity index is 2.35. The smallest absolute Gasteiger partial charge is 0.258 e. The van der Waals surface area contributed by atoms with Crippen LogP contribution >= 0.6 is 27.3 Å². The third-order valence-corrected chi connectivity index (χ3v) is 4.02. The molecule has 94 valence electrons. The maximum absolute atomic E-state index is 10.6. The highest BCUT2D eigenvalue weighted by Gasteiger charge is 2.07. The number of hydrogen-bond acceptors (Lipinski definition) is 4. The molecule has 2 rings (SSSR count). The molecule has 1 heterocycles.